The molecule has 0 bridgehead atoms. The first-order valence-electron chi connectivity index (χ1n) is 7.01. The van der Waals surface area contributed by atoms with Crippen molar-refractivity contribution in [3.05, 3.63) is 53.8 Å². The van der Waals surface area contributed by atoms with Crippen molar-refractivity contribution in [3.8, 4) is 11.5 Å². The molecule has 0 aliphatic rings. The van der Waals surface area contributed by atoms with Crippen molar-refractivity contribution in [2.24, 2.45) is 0 Å². The second kappa shape index (κ2) is 7.31. The highest BCUT2D eigenvalue weighted by Gasteiger charge is 2.44. The molecule has 0 fully saturated rings. The van der Waals surface area contributed by atoms with E-state index in [0.717, 1.165) is 40.5 Å². The van der Waals surface area contributed by atoms with E-state index in [0.29, 0.717) is 4.90 Å². The average molecular weight is 361 g/mol. The van der Waals surface area contributed by atoms with Crippen LogP contribution in [0.5, 0.6) is 11.5 Å². The molecule has 2 N–H and O–H groups in total. The third-order valence-electron chi connectivity index (χ3n) is 3.26. The maximum atomic E-state index is 13.6. The minimum atomic E-state index is -4.57. The van der Waals surface area contributed by atoms with Crippen LogP contribution in [0.25, 0.3) is 0 Å². The van der Waals surface area contributed by atoms with Crippen LogP contribution in [0.4, 0.5) is 17.6 Å². The van der Waals surface area contributed by atoms with Crippen molar-refractivity contribution >= 4 is 11.9 Å². The second-order valence-electron chi connectivity index (χ2n) is 4.97. The number of aromatic hydroxyl groups is 2. The molecule has 3 nitrogen and oxygen atoms in total. The van der Waals surface area contributed by atoms with Crippen LogP contribution in [0.2, 0.25) is 0 Å². The predicted octanol–water partition coefficient (Wildman–Crippen LogP) is 4.87. The number of nitrogens with zero attached hydrogens (tertiary/aromatic N) is 1. The largest absolute Gasteiger partial charge is 0.504 e. The smallest absolute Gasteiger partial charge is 0.408 e. The summed E-state index contributed by atoms with van der Waals surface area (Å²) in [7, 11) is 0. The molecule has 0 saturated carbocycles. The van der Waals surface area contributed by atoms with E-state index in [1.807, 2.05) is 0 Å². The van der Waals surface area contributed by atoms with Gasteiger partial charge in [-0.25, -0.2) is 8.70 Å². The van der Waals surface area contributed by atoms with Crippen LogP contribution < -0.4 is 0 Å². The Hall–Kier alpha value is -1.93. The molecule has 1 atom stereocenters. The van der Waals surface area contributed by atoms with Gasteiger partial charge in [-0.05, 0) is 47.8 Å². The molecule has 0 aliphatic carbocycles. The van der Waals surface area contributed by atoms with Gasteiger partial charge < -0.3 is 10.2 Å². The molecule has 0 spiro atoms. The van der Waals surface area contributed by atoms with Gasteiger partial charge in [0.15, 0.2) is 11.5 Å². The highest BCUT2D eigenvalue weighted by Crippen LogP contribution is 2.43. The number of phenols is 2. The maximum Gasteiger partial charge on any atom is 0.408 e. The van der Waals surface area contributed by atoms with Gasteiger partial charge in [0.25, 0.3) is 0 Å². The Morgan fingerprint density at radius 2 is 1.67 bits per heavy atom. The number of hydrogen-bond donors (Lipinski definition) is 2. The van der Waals surface area contributed by atoms with Crippen molar-refractivity contribution in [2.45, 2.75) is 24.0 Å². The summed E-state index contributed by atoms with van der Waals surface area (Å²) in [4.78, 5) is 0.337. The summed E-state index contributed by atoms with van der Waals surface area (Å²) in [6, 6.07) is 6.02. The van der Waals surface area contributed by atoms with E-state index in [1.165, 1.54) is 18.2 Å². The van der Waals surface area contributed by atoms with E-state index in [-0.39, 0.29) is 17.9 Å². The van der Waals surface area contributed by atoms with E-state index in [9.17, 15) is 27.8 Å². The molecule has 0 radical (unpaired) electrons. The molecule has 0 aromatic heterocycles. The first-order valence-corrected chi connectivity index (χ1v) is 7.78. The van der Waals surface area contributed by atoms with Crippen molar-refractivity contribution in [3.63, 3.8) is 0 Å². The Labute approximate surface area is 140 Å². The van der Waals surface area contributed by atoms with Crippen molar-refractivity contribution in [1.29, 1.82) is 0 Å². The lowest BCUT2D eigenvalue weighted by Crippen LogP contribution is -2.34. The van der Waals surface area contributed by atoms with Gasteiger partial charge in [-0.3, -0.25) is 0 Å². The molecular weight excluding hydrogens is 346 g/mol. The standard InChI is InChI=1S/C16H15F4NO2S/c1-2-21(24-12-7-8-13(22)14(23)9-12)15(16(18,19)20)10-3-5-11(17)6-4-10/h3-9,15,22-23H,2H2,1H3/t15-/m1/s1. The average Bonchev–Trinajstić information content (AvgIpc) is 2.50. The number of hydrogen-bond acceptors (Lipinski definition) is 4. The molecule has 130 valence electrons. The monoisotopic (exact) mass is 361 g/mol. The van der Waals surface area contributed by atoms with Crippen LogP contribution in [-0.4, -0.2) is 27.2 Å². The van der Waals surface area contributed by atoms with E-state index >= 15 is 0 Å². The SMILES string of the molecule is CCN(Sc1ccc(O)c(O)c1)[C@H](c1ccc(F)cc1)C(F)(F)F. The summed E-state index contributed by atoms with van der Waals surface area (Å²) in [6.07, 6.45) is -4.57. The first kappa shape index (κ1) is 18.4. The molecule has 8 heteroatoms. The number of rotatable bonds is 5. The Bertz CT molecular complexity index is 691. The van der Waals surface area contributed by atoms with Crippen LogP contribution in [0, 0.1) is 5.82 Å². The fraction of sp³-hybridized carbons (Fsp3) is 0.250. The Morgan fingerprint density at radius 3 is 2.17 bits per heavy atom. The number of phenolic OH excluding ortho intramolecular Hbond substituents is 2. The van der Waals surface area contributed by atoms with Crippen LogP contribution >= 0.6 is 11.9 Å². The summed E-state index contributed by atoms with van der Waals surface area (Å²) >= 11 is 0.794. The third kappa shape index (κ3) is 4.33. The lowest BCUT2D eigenvalue weighted by molar-refractivity contribution is -0.172. The molecule has 0 saturated heterocycles. The summed E-state index contributed by atoms with van der Waals surface area (Å²) in [5.41, 5.74) is -0.0822. The second-order valence-corrected chi connectivity index (χ2v) is 6.09. The molecule has 0 unspecified atom stereocenters. The van der Waals surface area contributed by atoms with Gasteiger partial charge in [0.2, 0.25) is 0 Å². The van der Waals surface area contributed by atoms with Crippen LogP contribution in [-0.2, 0) is 0 Å². The molecule has 2 rings (SSSR count). The normalized spacial score (nSPS) is 13.2. The highest BCUT2D eigenvalue weighted by atomic mass is 32.2. The van der Waals surface area contributed by atoms with Gasteiger partial charge in [-0.1, -0.05) is 19.1 Å². The molecule has 24 heavy (non-hydrogen) atoms. The van der Waals surface area contributed by atoms with Crippen molar-refractivity contribution < 1.29 is 27.8 Å². The maximum absolute atomic E-state index is 13.6. The van der Waals surface area contributed by atoms with Gasteiger partial charge in [-0.2, -0.15) is 13.2 Å². The van der Waals surface area contributed by atoms with Gasteiger partial charge in [0.05, 0.1) is 0 Å². The van der Waals surface area contributed by atoms with E-state index in [2.05, 4.69) is 0 Å². The molecule has 2 aromatic carbocycles. The van der Waals surface area contributed by atoms with Crippen LogP contribution in [0.3, 0.4) is 0 Å². The molecule has 0 heterocycles. The summed E-state index contributed by atoms with van der Waals surface area (Å²) in [6.45, 7) is 1.61. The predicted molar refractivity (Wildman–Crippen MR) is 83.2 cm³/mol. The minimum Gasteiger partial charge on any atom is -0.504 e. The van der Waals surface area contributed by atoms with Crippen molar-refractivity contribution in [2.75, 3.05) is 6.54 Å². The lowest BCUT2D eigenvalue weighted by atomic mass is 10.1. The number of halogens is 4. The summed E-state index contributed by atoms with van der Waals surface area (Å²) < 4.78 is 54.7. The van der Waals surface area contributed by atoms with Gasteiger partial charge in [0.1, 0.15) is 11.9 Å². The molecular formula is C16H15F4NO2S. The number of benzene rings is 2. The van der Waals surface area contributed by atoms with Crippen LogP contribution in [0.15, 0.2) is 47.4 Å². The van der Waals surface area contributed by atoms with Crippen molar-refractivity contribution in [1.82, 2.24) is 4.31 Å². The number of alkyl halides is 3. The zero-order valence-electron chi connectivity index (χ0n) is 12.6. The van der Waals surface area contributed by atoms with E-state index in [1.54, 1.807) is 6.92 Å². The molecule has 0 aliphatic heterocycles. The van der Waals surface area contributed by atoms with E-state index in [4.69, 9.17) is 0 Å². The Balaban J connectivity index is 2.34. The minimum absolute atomic E-state index is 0.0495. The fourth-order valence-electron chi connectivity index (χ4n) is 2.16. The van der Waals surface area contributed by atoms with Crippen LogP contribution in [0.1, 0.15) is 18.5 Å². The van der Waals surface area contributed by atoms with Gasteiger partial charge >= 0.3 is 6.18 Å². The molecule has 0 amide bonds. The zero-order chi connectivity index (χ0) is 17.9. The topological polar surface area (TPSA) is 43.7 Å². The Morgan fingerprint density at radius 1 is 1.04 bits per heavy atom. The summed E-state index contributed by atoms with van der Waals surface area (Å²) in [5.74, 6) is -1.38. The highest BCUT2D eigenvalue weighted by molar-refractivity contribution is 7.97. The van der Waals surface area contributed by atoms with Gasteiger partial charge in [-0.15, -0.1) is 0 Å². The first-order chi connectivity index (χ1) is 11.2. The lowest BCUT2D eigenvalue weighted by Gasteiger charge is -2.31. The summed E-state index contributed by atoms with van der Waals surface area (Å²) in [5, 5.41) is 18.8. The zero-order valence-corrected chi connectivity index (χ0v) is 13.4. The quantitative estimate of drug-likeness (QED) is 0.453. The Kier molecular flexibility index (Phi) is 5.61. The molecule has 2 aromatic rings. The fourth-order valence-corrected chi connectivity index (χ4v) is 3.20. The van der Waals surface area contributed by atoms with E-state index < -0.39 is 23.8 Å². The third-order valence-corrected chi connectivity index (χ3v) is 4.43. The van der Waals surface area contributed by atoms with Gasteiger partial charge in [0, 0.05) is 11.4 Å².